The highest BCUT2D eigenvalue weighted by Gasteiger charge is 2.34. The first-order chi connectivity index (χ1) is 19.7. The highest BCUT2D eigenvalue weighted by atomic mass is 32.2. The fourth-order valence-corrected chi connectivity index (χ4v) is 8.41. The maximum Gasteiger partial charge on any atom is 0.416 e. The minimum Gasteiger partial charge on any atom is -0.493 e. The molecular formula is C30H33F3N4O3S. The van der Waals surface area contributed by atoms with Crippen molar-refractivity contribution in [3.63, 3.8) is 0 Å². The summed E-state index contributed by atoms with van der Waals surface area (Å²) in [5.74, 6) is 0.926. The van der Waals surface area contributed by atoms with Gasteiger partial charge in [0.15, 0.2) is 0 Å². The number of rotatable bonds is 7. The van der Waals surface area contributed by atoms with Crippen molar-refractivity contribution in [2.75, 3.05) is 25.4 Å². The maximum atomic E-state index is 13.4. The van der Waals surface area contributed by atoms with Crippen LogP contribution in [0.15, 0.2) is 55.1 Å². The fraction of sp³-hybridized carbons (Fsp3) is 0.467. The lowest BCUT2D eigenvalue weighted by molar-refractivity contribution is -0.137. The van der Waals surface area contributed by atoms with Crippen LogP contribution in [0.25, 0.3) is 21.8 Å². The molecule has 0 spiro atoms. The van der Waals surface area contributed by atoms with Gasteiger partial charge in [0.2, 0.25) is 10.0 Å². The zero-order valence-electron chi connectivity index (χ0n) is 22.6. The Morgan fingerprint density at radius 3 is 2.51 bits per heavy atom. The number of aromatic amines is 1. The number of hydrogen-bond acceptors (Lipinski definition) is 5. The summed E-state index contributed by atoms with van der Waals surface area (Å²) in [5.41, 5.74) is 1.34. The summed E-state index contributed by atoms with van der Waals surface area (Å²) in [5, 5.41) is 3.29. The van der Waals surface area contributed by atoms with E-state index in [0.717, 1.165) is 67.1 Å². The highest BCUT2D eigenvalue weighted by Crippen LogP contribution is 2.40. The van der Waals surface area contributed by atoms with E-state index in [4.69, 9.17) is 4.74 Å². The standard InChI is InChI=1S/C30H33F3N4O3S/c31-30(32,33)24-7-9-25(10-8-24)40-18-21-2-1-13-37(17-21)41(38,39)19-20-3-5-22(6-4-20)27-16-34-14-23-15-36-29-26(28(23)27)11-12-35-29/h7-12,14-16,20-22H,1-6,13,17-19H2,(H,35,36). The second kappa shape index (κ2) is 11.2. The average Bonchev–Trinajstić information content (AvgIpc) is 3.45. The molecule has 1 aromatic carbocycles. The fourth-order valence-electron chi connectivity index (χ4n) is 6.43. The van der Waals surface area contributed by atoms with E-state index in [1.165, 1.54) is 23.1 Å². The zero-order valence-corrected chi connectivity index (χ0v) is 23.4. The van der Waals surface area contributed by atoms with Crippen molar-refractivity contribution in [2.45, 2.75) is 50.6 Å². The number of nitrogens with zero attached hydrogens (tertiary/aromatic N) is 3. The minimum atomic E-state index is -4.39. The molecule has 1 N–H and O–H groups in total. The van der Waals surface area contributed by atoms with Gasteiger partial charge in [0.25, 0.3) is 0 Å². The van der Waals surface area contributed by atoms with Crippen LogP contribution in [-0.2, 0) is 16.2 Å². The van der Waals surface area contributed by atoms with Crippen LogP contribution in [0.1, 0.15) is 55.6 Å². The van der Waals surface area contributed by atoms with Gasteiger partial charge in [-0.3, -0.25) is 4.98 Å². The lowest BCUT2D eigenvalue weighted by atomic mass is 9.78. The monoisotopic (exact) mass is 586 g/mol. The largest absolute Gasteiger partial charge is 0.493 e. The predicted molar refractivity (Wildman–Crippen MR) is 151 cm³/mol. The molecule has 0 radical (unpaired) electrons. The first-order valence-corrected chi connectivity index (χ1v) is 15.8. The van der Waals surface area contributed by atoms with Gasteiger partial charge < -0.3 is 9.72 Å². The molecule has 1 aliphatic heterocycles. The van der Waals surface area contributed by atoms with Crippen LogP contribution in [0, 0.1) is 11.8 Å². The molecule has 1 unspecified atom stereocenters. The van der Waals surface area contributed by atoms with E-state index in [9.17, 15) is 21.6 Å². The number of alkyl halides is 3. The quantitative estimate of drug-likeness (QED) is 0.266. The summed E-state index contributed by atoms with van der Waals surface area (Å²) in [6.45, 7) is 1.14. The Balaban J connectivity index is 1.04. The number of fused-ring (bicyclic) bond motifs is 3. The molecule has 218 valence electrons. The average molecular weight is 587 g/mol. The Morgan fingerprint density at radius 2 is 1.76 bits per heavy atom. The van der Waals surface area contributed by atoms with Gasteiger partial charge >= 0.3 is 6.18 Å². The molecule has 6 rings (SSSR count). The van der Waals surface area contributed by atoms with Gasteiger partial charge in [-0.25, -0.2) is 17.7 Å². The van der Waals surface area contributed by atoms with Gasteiger partial charge in [-0.05, 0) is 86.3 Å². The Kier molecular flexibility index (Phi) is 7.67. The molecular weight excluding hydrogens is 553 g/mol. The van der Waals surface area contributed by atoms with Crippen molar-refractivity contribution in [3.8, 4) is 5.75 Å². The van der Waals surface area contributed by atoms with Gasteiger partial charge in [0, 0.05) is 60.0 Å². The van der Waals surface area contributed by atoms with Gasteiger partial charge in [-0.2, -0.15) is 13.2 Å². The predicted octanol–water partition coefficient (Wildman–Crippen LogP) is 6.52. The van der Waals surface area contributed by atoms with Gasteiger partial charge in [-0.15, -0.1) is 0 Å². The number of halogens is 3. The second-order valence-corrected chi connectivity index (χ2v) is 13.4. The van der Waals surface area contributed by atoms with Gasteiger partial charge in [-0.1, -0.05) is 0 Å². The summed E-state index contributed by atoms with van der Waals surface area (Å²) in [4.78, 5) is 12.1. The molecule has 2 aliphatic rings. The molecule has 4 aromatic rings. The van der Waals surface area contributed by atoms with Gasteiger partial charge in [0.05, 0.1) is 17.9 Å². The number of hydrogen-bond donors (Lipinski definition) is 1. The van der Waals surface area contributed by atoms with Crippen molar-refractivity contribution < 1.29 is 26.3 Å². The molecule has 1 aliphatic carbocycles. The number of sulfonamides is 1. The van der Waals surface area contributed by atoms with E-state index in [1.54, 1.807) is 4.31 Å². The Hall–Kier alpha value is -3.18. The first-order valence-electron chi connectivity index (χ1n) is 14.1. The smallest absolute Gasteiger partial charge is 0.416 e. The lowest BCUT2D eigenvalue weighted by Gasteiger charge is -2.34. The molecule has 1 saturated heterocycles. The van der Waals surface area contributed by atoms with Gasteiger partial charge in [0.1, 0.15) is 11.4 Å². The number of ether oxygens (including phenoxy) is 1. The summed E-state index contributed by atoms with van der Waals surface area (Å²) in [6.07, 6.45) is 8.23. The summed E-state index contributed by atoms with van der Waals surface area (Å²) in [7, 11) is -3.43. The Morgan fingerprint density at radius 1 is 0.976 bits per heavy atom. The maximum absolute atomic E-state index is 13.4. The van der Waals surface area contributed by atoms with Crippen molar-refractivity contribution in [2.24, 2.45) is 11.8 Å². The molecule has 2 fully saturated rings. The van der Waals surface area contributed by atoms with E-state index >= 15 is 0 Å². The lowest BCUT2D eigenvalue weighted by Crippen LogP contribution is -2.43. The minimum absolute atomic E-state index is 0.00447. The topological polar surface area (TPSA) is 88.2 Å². The van der Waals surface area contributed by atoms with Crippen LogP contribution < -0.4 is 4.74 Å². The second-order valence-electron chi connectivity index (χ2n) is 11.4. The molecule has 1 atom stereocenters. The number of benzene rings is 1. The van der Waals surface area contributed by atoms with E-state index in [1.807, 2.05) is 30.9 Å². The van der Waals surface area contributed by atoms with E-state index in [2.05, 4.69) is 15.0 Å². The third-order valence-corrected chi connectivity index (χ3v) is 10.6. The molecule has 1 saturated carbocycles. The number of aromatic nitrogens is 3. The number of H-pyrrole nitrogens is 1. The Bertz CT molecular complexity index is 1610. The normalized spacial score (nSPS) is 22.8. The zero-order chi connectivity index (χ0) is 28.6. The van der Waals surface area contributed by atoms with Crippen LogP contribution in [0.5, 0.6) is 5.75 Å². The number of pyridine rings is 2. The van der Waals surface area contributed by atoms with Crippen LogP contribution in [-0.4, -0.2) is 53.1 Å². The molecule has 3 aromatic heterocycles. The first kappa shape index (κ1) is 28.0. The third kappa shape index (κ3) is 6.06. The molecule has 11 heteroatoms. The summed E-state index contributed by atoms with van der Waals surface area (Å²) in [6, 6.07) is 6.66. The van der Waals surface area contributed by atoms with E-state index < -0.39 is 21.8 Å². The Labute approximate surface area is 237 Å². The molecule has 0 bridgehead atoms. The molecule has 4 heterocycles. The SMILES string of the molecule is O=S(=O)(CC1CCC(c2cncc3cnc4[nH]ccc4c23)CC1)N1CCCC(COc2ccc(C(F)(F)F)cc2)C1. The number of piperidine rings is 1. The summed E-state index contributed by atoms with van der Waals surface area (Å²) < 4.78 is 72.5. The van der Waals surface area contributed by atoms with Crippen LogP contribution in [0.4, 0.5) is 13.2 Å². The molecule has 7 nitrogen and oxygen atoms in total. The van der Waals surface area contributed by atoms with Crippen LogP contribution >= 0.6 is 0 Å². The third-order valence-electron chi connectivity index (χ3n) is 8.61. The van der Waals surface area contributed by atoms with Crippen molar-refractivity contribution in [1.82, 2.24) is 19.3 Å². The highest BCUT2D eigenvalue weighted by molar-refractivity contribution is 7.89. The van der Waals surface area contributed by atoms with Crippen molar-refractivity contribution in [1.29, 1.82) is 0 Å². The van der Waals surface area contributed by atoms with Crippen LogP contribution in [0.3, 0.4) is 0 Å². The summed E-state index contributed by atoms with van der Waals surface area (Å²) >= 11 is 0. The van der Waals surface area contributed by atoms with E-state index in [-0.39, 0.29) is 24.2 Å². The van der Waals surface area contributed by atoms with Crippen molar-refractivity contribution in [3.05, 3.63) is 66.2 Å². The van der Waals surface area contributed by atoms with E-state index in [0.29, 0.717) is 24.8 Å². The van der Waals surface area contributed by atoms with Crippen LogP contribution in [0.2, 0.25) is 0 Å². The van der Waals surface area contributed by atoms with Crippen molar-refractivity contribution >= 4 is 31.8 Å². The molecule has 41 heavy (non-hydrogen) atoms. The number of nitrogens with one attached hydrogen (secondary N) is 1. The molecule has 0 amide bonds.